The van der Waals surface area contributed by atoms with Gasteiger partial charge in [0.25, 0.3) is 11.7 Å². The molecular weight excluding hydrogens is 388 g/mol. The van der Waals surface area contributed by atoms with Gasteiger partial charge in [-0.05, 0) is 36.8 Å². The Bertz CT molecular complexity index is 1130. The number of anilines is 1. The molecule has 1 aromatic heterocycles. The number of ketones is 1. The van der Waals surface area contributed by atoms with Gasteiger partial charge < -0.3 is 5.11 Å². The van der Waals surface area contributed by atoms with E-state index in [1.54, 1.807) is 79.9 Å². The third-order valence-corrected chi connectivity index (χ3v) is 5.37. The number of aliphatic hydroxyl groups excluding tert-OH is 1. The Balaban J connectivity index is 1.98. The second-order valence-corrected chi connectivity index (χ2v) is 7.08. The van der Waals surface area contributed by atoms with Crippen LogP contribution in [0.3, 0.4) is 0 Å². The molecule has 2 heterocycles. The molecule has 4 rings (SSSR count). The molecule has 1 amide bonds. The van der Waals surface area contributed by atoms with Gasteiger partial charge in [-0.1, -0.05) is 54.1 Å². The van der Waals surface area contributed by atoms with Gasteiger partial charge in [0.05, 0.1) is 11.3 Å². The summed E-state index contributed by atoms with van der Waals surface area (Å²) in [7, 11) is 0. The third kappa shape index (κ3) is 3.19. The Morgan fingerprint density at radius 2 is 1.72 bits per heavy atom. The smallest absolute Gasteiger partial charge is 0.300 e. The van der Waals surface area contributed by atoms with E-state index >= 15 is 0 Å². The fourth-order valence-electron chi connectivity index (χ4n) is 3.51. The zero-order chi connectivity index (χ0) is 20.5. The second-order valence-electron chi connectivity index (χ2n) is 6.67. The lowest BCUT2D eigenvalue weighted by atomic mass is 9.98. The van der Waals surface area contributed by atoms with Crippen molar-refractivity contribution in [2.75, 3.05) is 4.90 Å². The summed E-state index contributed by atoms with van der Waals surface area (Å²) >= 11 is 6.26. The molecule has 1 fully saturated rings. The van der Waals surface area contributed by atoms with Crippen LogP contribution in [-0.2, 0) is 9.59 Å². The van der Waals surface area contributed by atoms with E-state index in [2.05, 4.69) is 4.98 Å². The number of carbonyl (C=O) groups is 2. The Morgan fingerprint density at radius 3 is 2.41 bits per heavy atom. The average molecular weight is 405 g/mol. The van der Waals surface area contributed by atoms with Crippen molar-refractivity contribution in [3.8, 4) is 0 Å². The van der Waals surface area contributed by atoms with Crippen LogP contribution in [0.15, 0.2) is 78.5 Å². The van der Waals surface area contributed by atoms with Crippen molar-refractivity contribution in [1.82, 2.24) is 4.98 Å². The third-order valence-electron chi connectivity index (χ3n) is 4.96. The van der Waals surface area contributed by atoms with E-state index in [1.807, 2.05) is 0 Å². The van der Waals surface area contributed by atoms with Crippen molar-refractivity contribution in [3.05, 3.63) is 100 Å². The van der Waals surface area contributed by atoms with E-state index in [0.717, 1.165) is 0 Å². The first kappa shape index (κ1) is 18.9. The number of hydrogen-bond donors (Lipinski definition) is 1. The summed E-state index contributed by atoms with van der Waals surface area (Å²) in [5.74, 6) is -1.73. The number of aromatic nitrogens is 1. The topological polar surface area (TPSA) is 70.5 Å². The highest BCUT2D eigenvalue weighted by Gasteiger charge is 2.48. The molecule has 2 aromatic carbocycles. The van der Waals surface area contributed by atoms with Gasteiger partial charge in [0.1, 0.15) is 11.8 Å². The predicted molar refractivity (Wildman–Crippen MR) is 112 cm³/mol. The van der Waals surface area contributed by atoms with E-state index in [0.29, 0.717) is 27.5 Å². The van der Waals surface area contributed by atoms with Gasteiger partial charge >= 0.3 is 0 Å². The zero-order valence-electron chi connectivity index (χ0n) is 15.5. The van der Waals surface area contributed by atoms with Gasteiger partial charge in [-0.2, -0.15) is 0 Å². The highest BCUT2D eigenvalue weighted by Crippen LogP contribution is 2.43. The Morgan fingerprint density at radius 1 is 1.00 bits per heavy atom. The average Bonchev–Trinajstić information content (AvgIpc) is 3.01. The monoisotopic (exact) mass is 404 g/mol. The summed E-state index contributed by atoms with van der Waals surface area (Å²) in [4.78, 5) is 31.8. The van der Waals surface area contributed by atoms with E-state index in [4.69, 9.17) is 11.6 Å². The second kappa shape index (κ2) is 7.53. The number of aliphatic hydroxyl groups is 1. The van der Waals surface area contributed by atoms with Crippen LogP contribution < -0.4 is 4.90 Å². The Labute approximate surface area is 172 Å². The summed E-state index contributed by atoms with van der Waals surface area (Å²) in [6, 6.07) is 18.2. The molecule has 5 nitrogen and oxygen atoms in total. The van der Waals surface area contributed by atoms with E-state index < -0.39 is 17.7 Å². The SMILES string of the molecule is Cc1c(Cl)cccc1N1C(=O)C(=O)/C(=C(/O)c2ccccc2)C1c1ccccn1. The van der Waals surface area contributed by atoms with Crippen LogP contribution in [0, 0.1) is 6.92 Å². The predicted octanol–water partition coefficient (Wildman–Crippen LogP) is 4.67. The molecule has 144 valence electrons. The molecule has 0 aliphatic carbocycles. The number of pyridine rings is 1. The summed E-state index contributed by atoms with van der Waals surface area (Å²) in [5.41, 5.74) is 2.09. The van der Waals surface area contributed by atoms with Crippen molar-refractivity contribution in [2.45, 2.75) is 13.0 Å². The summed E-state index contributed by atoms with van der Waals surface area (Å²) in [6.07, 6.45) is 1.59. The largest absolute Gasteiger partial charge is 0.507 e. The molecule has 1 aliphatic heterocycles. The van der Waals surface area contributed by atoms with Gasteiger partial charge in [-0.15, -0.1) is 0 Å². The quantitative estimate of drug-likeness (QED) is 0.391. The van der Waals surface area contributed by atoms with Gasteiger partial charge in [0.2, 0.25) is 0 Å². The van der Waals surface area contributed by atoms with Crippen molar-refractivity contribution in [2.24, 2.45) is 0 Å². The first-order valence-electron chi connectivity index (χ1n) is 9.03. The molecule has 3 aromatic rings. The number of carbonyl (C=O) groups excluding carboxylic acids is 2. The molecule has 6 heteroatoms. The number of benzene rings is 2. The van der Waals surface area contributed by atoms with Crippen molar-refractivity contribution in [3.63, 3.8) is 0 Å². The minimum Gasteiger partial charge on any atom is -0.507 e. The number of halogens is 1. The van der Waals surface area contributed by atoms with Gasteiger partial charge in [-0.25, -0.2) is 0 Å². The van der Waals surface area contributed by atoms with Gasteiger partial charge in [0.15, 0.2) is 0 Å². The molecule has 29 heavy (non-hydrogen) atoms. The lowest BCUT2D eigenvalue weighted by Gasteiger charge is -2.26. The Kier molecular flexibility index (Phi) is 4.91. The van der Waals surface area contributed by atoms with Crippen LogP contribution in [-0.4, -0.2) is 21.8 Å². The molecule has 1 saturated heterocycles. The maximum absolute atomic E-state index is 13.1. The Hall–Kier alpha value is -3.44. The van der Waals surface area contributed by atoms with Crippen LogP contribution in [0.25, 0.3) is 5.76 Å². The fraction of sp³-hybridized carbons (Fsp3) is 0.0870. The number of rotatable bonds is 3. The molecule has 1 atom stereocenters. The number of amides is 1. The number of nitrogens with zero attached hydrogens (tertiary/aromatic N) is 2. The lowest BCUT2D eigenvalue weighted by Crippen LogP contribution is -2.30. The molecule has 1 aliphatic rings. The van der Waals surface area contributed by atoms with Crippen molar-refractivity contribution in [1.29, 1.82) is 0 Å². The van der Waals surface area contributed by atoms with Crippen LogP contribution >= 0.6 is 11.6 Å². The molecular formula is C23H17ClN2O3. The molecule has 0 spiro atoms. The maximum atomic E-state index is 13.1. The zero-order valence-corrected chi connectivity index (χ0v) is 16.3. The van der Waals surface area contributed by atoms with Crippen LogP contribution in [0.2, 0.25) is 5.02 Å². The highest BCUT2D eigenvalue weighted by atomic mass is 35.5. The lowest BCUT2D eigenvalue weighted by molar-refractivity contribution is -0.132. The normalized spacial score (nSPS) is 18.3. The number of Topliss-reactive ketones (excluding diaryl/α,β-unsaturated/α-hetero) is 1. The van der Waals surface area contributed by atoms with Crippen molar-refractivity contribution < 1.29 is 14.7 Å². The highest BCUT2D eigenvalue weighted by molar-refractivity contribution is 6.52. The summed E-state index contributed by atoms with van der Waals surface area (Å²) in [6.45, 7) is 1.78. The first-order chi connectivity index (χ1) is 14.0. The standard InChI is InChI=1S/C23H17ClN2O3/c1-14-16(24)10-7-12-18(14)26-20(17-11-5-6-13-25-17)19(22(28)23(26)29)21(27)15-8-3-2-4-9-15/h2-13,20,27H,1H3/b21-19+. The fourth-order valence-corrected chi connectivity index (χ4v) is 3.68. The van der Waals surface area contributed by atoms with Crippen LogP contribution in [0.4, 0.5) is 5.69 Å². The molecule has 1 N–H and O–H groups in total. The van der Waals surface area contributed by atoms with E-state index in [1.165, 1.54) is 4.90 Å². The molecule has 0 radical (unpaired) electrons. The minimum absolute atomic E-state index is 0.000671. The molecule has 1 unspecified atom stereocenters. The van der Waals surface area contributed by atoms with Gasteiger partial charge in [-0.3, -0.25) is 19.5 Å². The maximum Gasteiger partial charge on any atom is 0.300 e. The van der Waals surface area contributed by atoms with Crippen molar-refractivity contribution >= 4 is 34.7 Å². The van der Waals surface area contributed by atoms with Crippen LogP contribution in [0.1, 0.15) is 22.9 Å². The van der Waals surface area contributed by atoms with Gasteiger partial charge in [0, 0.05) is 22.5 Å². The summed E-state index contributed by atoms with van der Waals surface area (Å²) < 4.78 is 0. The number of hydrogen-bond acceptors (Lipinski definition) is 4. The van der Waals surface area contributed by atoms with E-state index in [9.17, 15) is 14.7 Å². The van der Waals surface area contributed by atoms with Crippen LogP contribution in [0.5, 0.6) is 0 Å². The van der Waals surface area contributed by atoms with E-state index in [-0.39, 0.29) is 11.3 Å². The minimum atomic E-state index is -0.867. The summed E-state index contributed by atoms with van der Waals surface area (Å²) in [5, 5.41) is 11.4. The molecule has 0 saturated carbocycles. The first-order valence-corrected chi connectivity index (χ1v) is 9.41. The molecule has 0 bridgehead atoms.